The Hall–Kier alpha value is -0.880. The Morgan fingerprint density at radius 1 is 1.53 bits per heavy atom. The molecule has 0 saturated carbocycles. The summed E-state index contributed by atoms with van der Waals surface area (Å²) in [5.74, 6) is 0. The van der Waals surface area contributed by atoms with Crippen molar-refractivity contribution >= 4 is 21.6 Å². The Labute approximate surface area is 110 Å². The molecule has 1 aromatic heterocycles. The Balaban J connectivity index is 2.82. The molecule has 96 valence electrons. The van der Waals surface area contributed by atoms with Gasteiger partial charge in [0.05, 0.1) is 17.9 Å². The lowest BCUT2D eigenvalue weighted by atomic mass is 10.2. The highest BCUT2D eigenvalue weighted by Crippen LogP contribution is 2.17. The predicted molar refractivity (Wildman–Crippen MR) is 73.3 cm³/mol. The smallest absolute Gasteiger partial charge is 0.283 e. The van der Waals surface area contributed by atoms with Crippen molar-refractivity contribution in [1.82, 2.24) is 9.78 Å². The van der Waals surface area contributed by atoms with Crippen molar-refractivity contribution in [3.63, 3.8) is 0 Å². The minimum absolute atomic E-state index is 0.0527. The molecule has 17 heavy (non-hydrogen) atoms. The lowest BCUT2D eigenvalue weighted by molar-refractivity contribution is 0.501. The molecular formula is C11H19BrN4O. The number of aromatic nitrogens is 2. The van der Waals surface area contributed by atoms with Gasteiger partial charge in [-0.25, -0.2) is 4.68 Å². The van der Waals surface area contributed by atoms with Gasteiger partial charge >= 0.3 is 0 Å². The lowest BCUT2D eigenvalue weighted by Gasteiger charge is -2.13. The zero-order chi connectivity index (χ0) is 13.0. The minimum atomic E-state index is -0.120. The van der Waals surface area contributed by atoms with Crippen LogP contribution in [0.5, 0.6) is 0 Å². The highest BCUT2D eigenvalue weighted by Gasteiger charge is 2.10. The molecule has 1 unspecified atom stereocenters. The van der Waals surface area contributed by atoms with E-state index in [4.69, 9.17) is 5.73 Å². The first-order valence-corrected chi connectivity index (χ1v) is 6.49. The molecule has 0 radical (unpaired) electrons. The molecule has 5 nitrogen and oxygen atoms in total. The molecular weight excluding hydrogens is 284 g/mol. The quantitative estimate of drug-likeness (QED) is 0.869. The summed E-state index contributed by atoms with van der Waals surface area (Å²) in [6.45, 7) is 6.52. The van der Waals surface area contributed by atoms with E-state index in [0.717, 1.165) is 13.0 Å². The Morgan fingerprint density at radius 2 is 2.18 bits per heavy atom. The van der Waals surface area contributed by atoms with Crippen molar-refractivity contribution in [2.75, 3.05) is 11.9 Å². The van der Waals surface area contributed by atoms with Crippen molar-refractivity contribution in [2.45, 2.75) is 39.3 Å². The fraction of sp³-hybridized carbons (Fsp3) is 0.636. The van der Waals surface area contributed by atoms with E-state index in [1.807, 2.05) is 20.8 Å². The van der Waals surface area contributed by atoms with Gasteiger partial charge in [-0.05, 0) is 43.1 Å². The molecule has 0 amide bonds. The first-order chi connectivity index (χ1) is 7.93. The van der Waals surface area contributed by atoms with E-state index in [1.54, 1.807) is 6.20 Å². The number of halogens is 1. The topological polar surface area (TPSA) is 72.9 Å². The molecule has 0 fully saturated rings. The van der Waals surface area contributed by atoms with Crippen LogP contribution in [0, 0.1) is 0 Å². The van der Waals surface area contributed by atoms with Crippen LogP contribution in [0.15, 0.2) is 15.5 Å². The van der Waals surface area contributed by atoms with Crippen LogP contribution in [0.1, 0.15) is 33.2 Å². The summed E-state index contributed by atoms with van der Waals surface area (Å²) in [7, 11) is 0. The van der Waals surface area contributed by atoms with Crippen molar-refractivity contribution in [3.8, 4) is 0 Å². The molecule has 0 spiro atoms. The average molecular weight is 303 g/mol. The minimum Gasteiger partial charge on any atom is -0.383 e. The van der Waals surface area contributed by atoms with Crippen LogP contribution >= 0.6 is 15.9 Å². The molecule has 0 aliphatic rings. The fourth-order valence-electron chi connectivity index (χ4n) is 1.37. The molecule has 0 saturated heterocycles. The van der Waals surface area contributed by atoms with Crippen molar-refractivity contribution in [3.05, 3.63) is 21.0 Å². The van der Waals surface area contributed by atoms with Crippen LogP contribution in [0.25, 0.3) is 0 Å². The number of hydrogen-bond donors (Lipinski definition) is 2. The van der Waals surface area contributed by atoms with Gasteiger partial charge in [-0.3, -0.25) is 4.79 Å². The average Bonchev–Trinajstić information content (AvgIpc) is 2.23. The molecule has 0 bridgehead atoms. The summed E-state index contributed by atoms with van der Waals surface area (Å²) in [5, 5.41) is 7.27. The molecule has 1 atom stereocenters. The van der Waals surface area contributed by atoms with E-state index < -0.39 is 0 Å². The van der Waals surface area contributed by atoms with Crippen LogP contribution in [0.2, 0.25) is 0 Å². The third-order valence-electron chi connectivity index (χ3n) is 2.35. The predicted octanol–water partition coefficient (Wildman–Crippen LogP) is 1.74. The second kappa shape index (κ2) is 6.16. The van der Waals surface area contributed by atoms with Gasteiger partial charge in [-0.1, -0.05) is 0 Å². The summed E-state index contributed by atoms with van der Waals surface area (Å²) in [5.41, 5.74) is 6.25. The summed E-state index contributed by atoms with van der Waals surface area (Å²) in [6, 6.07) is 0.196. The normalized spacial score (nSPS) is 12.8. The Morgan fingerprint density at radius 3 is 2.71 bits per heavy atom. The highest BCUT2D eigenvalue weighted by molar-refractivity contribution is 9.10. The van der Waals surface area contributed by atoms with Crippen LogP contribution in [0.3, 0.4) is 0 Å². The van der Waals surface area contributed by atoms with Gasteiger partial charge in [0, 0.05) is 12.6 Å². The standard InChI is InChI=1S/C11H19BrN4O/c1-7(2)16-11(17)10(12)9(6-15-16)14-5-4-8(3)13/h6-8,14H,4-5,13H2,1-3H3. The van der Waals surface area contributed by atoms with E-state index >= 15 is 0 Å². The van der Waals surface area contributed by atoms with Crippen molar-refractivity contribution < 1.29 is 0 Å². The molecule has 1 aromatic rings. The fourth-order valence-corrected chi connectivity index (χ4v) is 1.79. The van der Waals surface area contributed by atoms with E-state index in [1.165, 1.54) is 4.68 Å². The van der Waals surface area contributed by atoms with Crippen LogP contribution in [-0.4, -0.2) is 22.4 Å². The summed E-state index contributed by atoms with van der Waals surface area (Å²) in [4.78, 5) is 11.9. The van der Waals surface area contributed by atoms with E-state index in [-0.39, 0.29) is 17.6 Å². The first kappa shape index (κ1) is 14.2. The molecule has 3 N–H and O–H groups in total. The van der Waals surface area contributed by atoms with Gasteiger partial charge in [-0.15, -0.1) is 0 Å². The van der Waals surface area contributed by atoms with Crippen LogP contribution in [-0.2, 0) is 0 Å². The third-order valence-corrected chi connectivity index (χ3v) is 3.11. The maximum Gasteiger partial charge on any atom is 0.283 e. The van der Waals surface area contributed by atoms with Crippen LogP contribution in [0.4, 0.5) is 5.69 Å². The van der Waals surface area contributed by atoms with E-state index in [9.17, 15) is 4.79 Å². The first-order valence-electron chi connectivity index (χ1n) is 5.70. The third kappa shape index (κ3) is 3.81. The number of nitrogens with one attached hydrogen (secondary N) is 1. The number of rotatable bonds is 5. The zero-order valence-electron chi connectivity index (χ0n) is 10.4. The second-order valence-electron chi connectivity index (χ2n) is 4.41. The maximum atomic E-state index is 11.9. The maximum absolute atomic E-state index is 11.9. The van der Waals surface area contributed by atoms with Gasteiger partial charge in [0.1, 0.15) is 4.47 Å². The summed E-state index contributed by atoms with van der Waals surface area (Å²) >= 11 is 3.30. The molecule has 1 rings (SSSR count). The number of hydrogen-bond acceptors (Lipinski definition) is 4. The molecule has 6 heteroatoms. The van der Waals surface area contributed by atoms with E-state index in [0.29, 0.717) is 10.2 Å². The summed E-state index contributed by atoms with van der Waals surface area (Å²) in [6.07, 6.45) is 2.51. The number of nitrogens with zero attached hydrogens (tertiary/aromatic N) is 2. The Kier molecular flexibility index (Phi) is 5.14. The zero-order valence-corrected chi connectivity index (χ0v) is 12.0. The van der Waals surface area contributed by atoms with Gasteiger partial charge in [0.15, 0.2) is 0 Å². The lowest BCUT2D eigenvalue weighted by Crippen LogP contribution is -2.26. The van der Waals surface area contributed by atoms with Gasteiger partial charge in [-0.2, -0.15) is 5.10 Å². The van der Waals surface area contributed by atoms with Gasteiger partial charge in [0.2, 0.25) is 0 Å². The highest BCUT2D eigenvalue weighted by atomic mass is 79.9. The van der Waals surface area contributed by atoms with Crippen molar-refractivity contribution in [2.24, 2.45) is 5.73 Å². The Bertz CT molecular complexity index is 428. The molecule has 0 aliphatic heterocycles. The monoisotopic (exact) mass is 302 g/mol. The summed E-state index contributed by atoms with van der Waals surface area (Å²) < 4.78 is 1.96. The van der Waals surface area contributed by atoms with E-state index in [2.05, 4.69) is 26.3 Å². The molecule has 1 heterocycles. The second-order valence-corrected chi connectivity index (χ2v) is 5.20. The largest absolute Gasteiger partial charge is 0.383 e. The SMILES string of the molecule is CC(N)CCNc1cnn(C(C)C)c(=O)c1Br. The number of anilines is 1. The van der Waals surface area contributed by atoms with Crippen molar-refractivity contribution in [1.29, 1.82) is 0 Å². The van der Waals surface area contributed by atoms with Gasteiger partial charge in [0.25, 0.3) is 5.56 Å². The van der Waals surface area contributed by atoms with Crippen LogP contribution < -0.4 is 16.6 Å². The molecule has 0 aromatic carbocycles. The molecule has 0 aliphatic carbocycles. The number of nitrogens with two attached hydrogens (primary N) is 1. The van der Waals surface area contributed by atoms with Gasteiger partial charge < -0.3 is 11.1 Å².